The first-order chi connectivity index (χ1) is 18.6. The molecule has 2 aromatic carbocycles. The quantitative estimate of drug-likeness (QED) is 0.0998. The number of benzene rings is 2. The molecule has 1 amide bonds. The highest BCUT2D eigenvalue weighted by Crippen LogP contribution is 2.34. The number of hydrogen-bond acceptors (Lipinski definition) is 10. The van der Waals surface area contributed by atoms with E-state index in [0.29, 0.717) is 48.0 Å². The molecule has 10 nitrogen and oxygen atoms in total. The fraction of sp³-hybridized carbons (Fsp3) is 0.208. The molecular weight excluding hydrogens is 542 g/mol. The maximum absolute atomic E-state index is 13.6. The van der Waals surface area contributed by atoms with Crippen LogP contribution in [0.4, 0.5) is 40.0 Å². The molecule has 0 unspecified atom stereocenters. The number of carbonyl (C=O) groups is 1. The Labute approximate surface area is 223 Å². The highest BCUT2D eigenvalue weighted by molar-refractivity contribution is 7.10. The number of amides is 1. The van der Waals surface area contributed by atoms with Crippen molar-refractivity contribution < 1.29 is 32.5 Å². The molecule has 39 heavy (non-hydrogen) atoms. The predicted octanol–water partition coefficient (Wildman–Crippen LogP) is 5.46. The molecule has 0 atom stereocenters. The largest absolute Gasteiger partial charge is 0.419 e. The van der Waals surface area contributed by atoms with E-state index in [1.54, 1.807) is 30.3 Å². The fourth-order valence-electron chi connectivity index (χ4n) is 3.40. The van der Waals surface area contributed by atoms with Crippen LogP contribution in [-0.4, -0.2) is 50.7 Å². The molecule has 0 aliphatic heterocycles. The van der Waals surface area contributed by atoms with E-state index in [2.05, 4.69) is 34.8 Å². The Morgan fingerprint density at radius 3 is 2.62 bits per heavy atom. The molecule has 15 heteroatoms. The molecule has 0 aliphatic carbocycles. The second kappa shape index (κ2) is 12.1. The fourth-order valence-corrected chi connectivity index (χ4v) is 3.98. The lowest BCUT2D eigenvalue weighted by Crippen LogP contribution is -2.21. The molecule has 0 bridgehead atoms. The number of nitrogens with zero attached hydrogens (tertiary/aromatic N) is 5. The van der Waals surface area contributed by atoms with Crippen LogP contribution in [0.2, 0.25) is 0 Å². The van der Waals surface area contributed by atoms with Crippen molar-refractivity contribution in [1.82, 2.24) is 19.3 Å². The maximum atomic E-state index is 13.6. The van der Waals surface area contributed by atoms with Crippen molar-refractivity contribution in [2.75, 3.05) is 35.7 Å². The number of alkyl halides is 3. The summed E-state index contributed by atoms with van der Waals surface area (Å²) in [5, 5.41) is 14.2. The lowest BCUT2D eigenvalue weighted by Gasteiger charge is -2.18. The minimum atomic E-state index is -4.86. The van der Waals surface area contributed by atoms with Gasteiger partial charge in [-0.15, -0.1) is 0 Å². The van der Waals surface area contributed by atoms with Crippen molar-refractivity contribution in [2.24, 2.45) is 0 Å². The van der Waals surface area contributed by atoms with Crippen molar-refractivity contribution in [3.63, 3.8) is 0 Å². The van der Waals surface area contributed by atoms with Gasteiger partial charge in [0.1, 0.15) is 23.8 Å². The molecule has 4 rings (SSSR count). The topological polar surface area (TPSA) is 125 Å². The highest BCUT2D eigenvalue weighted by atomic mass is 32.1. The second-order valence-corrected chi connectivity index (χ2v) is 8.89. The van der Waals surface area contributed by atoms with Crippen LogP contribution in [-0.2, 0) is 11.1 Å². The Morgan fingerprint density at radius 1 is 1.13 bits per heavy atom. The molecule has 204 valence electrons. The molecule has 0 fully saturated rings. The van der Waals surface area contributed by atoms with E-state index < -0.39 is 23.5 Å². The maximum Gasteiger partial charge on any atom is 0.419 e. The predicted molar refractivity (Wildman–Crippen MR) is 136 cm³/mol. The molecule has 0 saturated heterocycles. The van der Waals surface area contributed by atoms with Gasteiger partial charge in [-0.25, -0.2) is 19.2 Å². The van der Waals surface area contributed by atoms with Crippen LogP contribution in [0.1, 0.15) is 22.3 Å². The number of carbonyl (C=O) groups excluding carboxylic acids is 1. The number of halogens is 4. The van der Waals surface area contributed by atoms with E-state index in [4.69, 9.17) is 5.26 Å². The summed E-state index contributed by atoms with van der Waals surface area (Å²) in [4.78, 5) is 31.1. The summed E-state index contributed by atoms with van der Waals surface area (Å²) in [5.74, 6) is -0.786. The average molecular weight is 564 g/mol. The smallest absolute Gasteiger partial charge is 0.359 e. The third-order valence-electron chi connectivity index (χ3n) is 5.37. The Hall–Kier alpha value is -4.21. The van der Waals surface area contributed by atoms with Crippen molar-refractivity contribution in [1.29, 1.82) is 0 Å². The Bertz CT molecular complexity index is 1430. The molecule has 0 saturated carbocycles. The number of nitrogens with one attached hydrogen (secondary N) is 2. The zero-order valence-corrected chi connectivity index (χ0v) is 21.1. The first-order valence-corrected chi connectivity index (χ1v) is 12.1. The van der Waals surface area contributed by atoms with Gasteiger partial charge in [-0.2, -0.15) is 22.5 Å². The SMILES string of the molecule is CN(CCCOO)c1cc(Nc2ccc(C(=O)Nc3nc(-c4ccc(F)c(C(F)(F)F)c4)ns3)cc2)ncn1. The van der Waals surface area contributed by atoms with E-state index in [0.717, 1.165) is 17.6 Å². The summed E-state index contributed by atoms with van der Waals surface area (Å²) in [5.41, 5.74) is -0.503. The number of hydrogen-bond donors (Lipinski definition) is 3. The number of rotatable bonds is 10. The van der Waals surface area contributed by atoms with Gasteiger partial charge in [-0.3, -0.25) is 15.4 Å². The Kier molecular flexibility index (Phi) is 8.63. The van der Waals surface area contributed by atoms with E-state index in [1.165, 1.54) is 6.33 Å². The zero-order valence-electron chi connectivity index (χ0n) is 20.2. The van der Waals surface area contributed by atoms with E-state index >= 15 is 0 Å². The van der Waals surface area contributed by atoms with Crippen molar-refractivity contribution in [2.45, 2.75) is 12.6 Å². The van der Waals surface area contributed by atoms with Gasteiger partial charge in [0.25, 0.3) is 5.91 Å². The molecule has 2 heterocycles. The van der Waals surface area contributed by atoms with Gasteiger partial charge in [-0.1, -0.05) is 0 Å². The number of anilines is 4. The molecule has 3 N–H and O–H groups in total. The Balaban J connectivity index is 1.38. The van der Waals surface area contributed by atoms with Crippen LogP contribution in [0.25, 0.3) is 11.4 Å². The lowest BCUT2D eigenvalue weighted by molar-refractivity contribution is -0.242. The van der Waals surface area contributed by atoms with Crippen molar-refractivity contribution in [3.05, 3.63) is 71.8 Å². The van der Waals surface area contributed by atoms with Gasteiger partial charge < -0.3 is 10.2 Å². The summed E-state index contributed by atoms with van der Waals surface area (Å²) in [6.45, 7) is 0.813. The normalized spacial score (nSPS) is 11.3. The third kappa shape index (κ3) is 7.22. The minimum absolute atomic E-state index is 0.0332. The van der Waals surface area contributed by atoms with Crippen LogP contribution >= 0.6 is 11.5 Å². The van der Waals surface area contributed by atoms with E-state index in [1.807, 2.05) is 11.9 Å². The first kappa shape index (κ1) is 27.8. The standard InChI is InChI=1S/C24H21F4N7O3S/c1-35(9-2-10-38-37)20-12-19(29-13-30-20)31-16-6-3-14(4-7-16)22(36)33-23-32-21(34-39-23)15-5-8-18(25)17(11-15)24(26,27)28/h3-8,11-13,37H,2,9-10H2,1H3,(H,29,30,31)(H,32,33,34,36). The van der Waals surface area contributed by atoms with Crippen LogP contribution in [0.3, 0.4) is 0 Å². The van der Waals surface area contributed by atoms with Crippen LogP contribution in [0.15, 0.2) is 54.9 Å². The number of aromatic nitrogens is 4. The van der Waals surface area contributed by atoms with Gasteiger partial charge in [0.2, 0.25) is 5.13 Å². The summed E-state index contributed by atoms with van der Waals surface area (Å²) < 4.78 is 56.5. The zero-order chi connectivity index (χ0) is 28.0. The first-order valence-electron chi connectivity index (χ1n) is 11.3. The van der Waals surface area contributed by atoms with Gasteiger partial charge in [0.05, 0.1) is 12.2 Å². The molecule has 0 spiro atoms. The van der Waals surface area contributed by atoms with Crippen LogP contribution in [0.5, 0.6) is 0 Å². The molecule has 0 aliphatic rings. The van der Waals surface area contributed by atoms with Gasteiger partial charge in [0.15, 0.2) is 5.82 Å². The van der Waals surface area contributed by atoms with Crippen molar-refractivity contribution >= 4 is 39.9 Å². The summed E-state index contributed by atoms with van der Waals surface area (Å²) in [6, 6.07) is 10.7. The molecular formula is C24H21F4N7O3S. The van der Waals surface area contributed by atoms with E-state index in [9.17, 15) is 22.4 Å². The third-order valence-corrected chi connectivity index (χ3v) is 6.00. The van der Waals surface area contributed by atoms with Gasteiger partial charge in [0, 0.05) is 48.0 Å². The summed E-state index contributed by atoms with van der Waals surface area (Å²) >= 11 is 0.782. The molecule has 4 aromatic rings. The molecule has 0 radical (unpaired) electrons. The molecule has 2 aromatic heterocycles. The van der Waals surface area contributed by atoms with Gasteiger partial charge >= 0.3 is 6.18 Å². The summed E-state index contributed by atoms with van der Waals surface area (Å²) in [6.07, 6.45) is -2.85. The summed E-state index contributed by atoms with van der Waals surface area (Å²) in [7, 11) is 1.84. The second-order valence-electron chi connectivity index (χ2n) is 8.14. The monoisotopic (exact) mass is 563 g/mol. The Morgan fingerprint density at radius 2 is 1.90 bits per heavy atom. The highest BCUT2D eigenvalue weighted by Gasteiger charge is 2.34. The van der Waals surface area contributed by atoms with Crippen LogP contribution in [0, 0.1) is 5.82 Å². The van der Waals surface area contributed by atoms with Crippen molar-refractivity contribution in [3.8, 4) is 11.4 Å². The van der Waals surface area contributed by atoms with Gasteiger partial charge in [-0.05, 0) is 48.9 Å². The van der Waals surface area contributed by atoms with E-state index in [-0.39, 0.29) is 23.1 Å². The average Bonchev–Trinajstić information content (AvgIpc) is 3.37. The lowest BCUT2D eigenvalue weighted by atomic mass is 10.1. The van der Waals surface area contributed by atoms with Crippen LogP contribution < -0.4 is 15.5 Å². The minimum Gasteiger partial charge on any atom is -0.359 e.